The van der Waals surface area contributed by atoms with Gasteiger partial charge in [-0.1, -0.05) is 12.1 Å². The molecule has 0 unspecified atom stereocenters. The molecule has 0 atom stereocenters. The second kappa shape index (κ2) is 8.18. The lowest BCUT2D eigenvalue weighted by Crippen LogP contribution is -2.29. The van der Waals surface area contributed by atoms with Crippen molar-refractivity contribution < 1.29 is 4.74 Å². The first-order valence-electron chi connectivity index (χ1n) is 7.44. The van der Waals surface area contributed by atoms with Crippen molar-refractivity contribution in [1.82, 2.24) is 10.2 Å². The predicted octanol–water partition coefficient (Wildman–Crippen LogP) is 2.31. The molecule has 0 saturated carbocycles. The summed E-state index contributed by atoms with van der Waals surface area (Å²) in [7, 11) is 1.73. The van der Waals surface area contributed by atoms with E-state index in [0.29, 0.717) is 0 Å². The van der Waals surface area contributed by atoms with Gasteiger partial charge in [-0.05, 0) is 63.0 Å². The van der Waals surface area contributed by atoms with Gasteiger partial charge >= 0.3 is 0 Å². The molecule has 0 radical (unpaired) electrons. The van der Waals surface area contributed by atoms with Crippen molar-refractivity contribution in [2.45, 2.75) is 25.7 Å². The summed E-state index contributed by atoms with van der Waals surface area (Å²) in [6.07, 6.45) is 4.99. The lowest BCUT2D eigenvalue weighted by atomic mass is 10.1. The molecule has 0 aliphatic carbocycles. The summed E-state index contributed by atoms with van der Waals surface area (Å²) in [5.74, 6) is 0.969. The highest BCUT2D eigenvalue weighted by atomic mass is 16.5. The molecule has 1 aromatic carbocycles. The Kier molecular flexibility index (Phi) is 6.18. The Labute approximate surface area is 116 Å². The molecule has 3 heteroatoms. The van der Waals surface area contributed by atoms with E-state index in [4.69, 9.17) is 4.74 Å². The maximum Gasteiger partial charge on any atom is 0.119 e. The van der Waals surface area contributed by atoms with Gasteiger partial charge in [0.25, 0.3) is 0 Å². The summed E-state index contributed by atoms with van der Waals surface area (Å²) in [6.45, 7) is 6.03. The lowest BCUT2D eigenvalue weighted by molar-refractivity contribution is 0.286. The average molecular weight is 262 g/mol. The largest absolute Gasteiger partial charge is 0.497 e. The minimum Gasteiger partial charge on any atom is -0.497 e. The van der Waals surface area contributed by atoms with Crippen LogP contribution in [0.25, 0.3) is 0 Å². The number of nitrogens with zero attached hydrogens (tertiary/aromatic N) is 1. The first-order valence-corrected chi connectivity index (χ1v) is 7.44. The van der Waals surface area contributed by atoms with Crippen LogP contribution in [0.15, 0.2) is 24.3 Å². The zero-order valence-electron chi connectivity index (χ0n) is 12.0. The number of rotatable bonds is 6. The molecule has 0 spiro atoms. The van der Waals surface area contributed by atoms with Crippen LogP contribution < -0.4 is 10.1 Å². The molecule has 1 aliphatic heterocycles. The fourth-order valence-corrected chi connectivity index (χ4v) is 2.62. The Morgan fingerprint density at radius 1 is 1.21 bits per heavy atom. The van der Waals surface area contributed by atoms with Gasteiger partial charge in [0.1, 0.15) is 5.75 Å². The van der Waals surface area contributed by atoms with Crippen molar-refractivity contribution >= 4 is 0 Å². The summed E-state index contributed by atoms with van der Waals surface area (Å²) in [4.78, 5) is 2.59. The van der Waals surface area contributed by atoms with Crippen molar-refractivity contribution in [1.29, 1.82) is 0 Å². The van der Waals surface area contributed by atoms with Crippen molar-refractivity contribution in [3.8, 4) is 5.75 Å². The summed E-state index contributed by atoms with van der Waals surface area (Å²) >= 11 is 0. The topological polar surface area (TPSA) is 24.5 Å². The summed E-state index contributed by atoms with van der Waals surface area (Å²) < 4.78 is 5.26. The number of hydrogen-bond acceptors (Lipinski definition) is 3. The maximum atomic E-state index is 5.26. The van der Waals surface area contributed by atoms with E-state index in [2.05, 4.69) is 28.4 Å². The average Bonchev–Trinajstić information content (AvgIpc) is 2.72. The molecule has 0 amide bonds. The van der Waals surface area contributed by atoms with Gasteiger partial charge in [0, 0.05) is 13.1 Å². The first-order chi connectivity index (χ1) is 9.38. The summed E-state index contributed by atoms with van der Waals surface area (Å²) in [5.41, 5.74) is 1.39. The van der Waals surface area contributed by atoms with Crippen molar-refractivity contribution in [3.63, 3.8) is 0 Å². The van der Waals surface area contributed by atoms with Crippen LogP contribution in [0.5, 0.6) is 5.75 Å². The number of benzene rings is 1. The Bertz CT molecular complexity index is 360. The molecular weight excluding hydrogens is 236 g/mol. The Morgan fingerprint density at radius 3 is 3.05 bits per heavy atom. The molecule has 2 rings (SSSR count). The molecule has 0 aromatic heterocycles. The number of nitrogens with one attached hydrogen (secondary N) is 1. The van der Waals surface area contributed by atoms with Crippen LogP contribution in [0.2, 0.25) is 0 Å². The molecule has 106 valence electrons. The Hall–Kier alpha value is -1.06. The number of ether oxygens (including phenoxy) is 1. The molecule has 1 aliphatic rings. The van der Waals surface area contributed by atoms with E-state index in [1.807, 2.05) is 6.07 Å². The highest BCUT2D eigenvalue weighted by Gasteiger charge is 2.07. The fraction of sp³-hybridized carbons (Fsp3) is 0.625. The molecule has 19 heavy (non-hydrogen) atoms. The highest BCUT2D eigenvalue weighted by molar-refractivity contribution is 5.28. The number of methoxy groups -OCH3 is 1. The number of aryl methyl sites for hydroxylation is 1. The molecule has 3 nitrogen and oxygen atoms in total. The second-order valence-corrected chi connectivity index (χ2v) is 5.25. The first kappa shape index (κ1) is 14.4. The lowest BCUT2D eigenvalue weighted by Gasteiger charge is -2.19. The van der Waals surface area contributed by atoms with Crippen molar-refractivity contribution in [2.75, 3.05) is 39.8 Å². The van der Waals surface area contributed by atoms with Gasteiger partial charge in [0.2, 0.25) is 0 Å². The van der Waals surface area contributed by atoms with E-state index >= 15 is 0 Å². The highest BCUT2D eigenvalue weighted by Crippen LogP contribution is 2.14. The van der Waals surface area contributed by atoms with E-state index in [0.717, 1.165) is 18.7 Å². The van der Waals surface area contributed by atoms with E-state index in [1.165, 1.54) is 51.0 Å². The number of unbranched alkanes of at least 4 members (excludes halogenated alkanes) is 1. The van der Waals surface area contributed by atoms with E-state index in [1.54, 1.807) is 7.11 Å². The molecule has 0 bridgehead atoms. The summed E-state index contributed by atoms with van der Waals surface area (Å²) in [6, 6.07) is 8.43. The van der Waals surface area contributed by atoms with Crippen molar-refractivity contribution in [2.24, 2.45) is 0 Å². The number of hydrogen-bond donors (Lipinski definition) is 1. The predicted molar refractivity (Wildman–Crippen MR) is 79.9 cm³/mol. The second-order valence-electron chi connectivity index (χ2n) is 5.25. The van der Waals surface area contributed by atoms with E-state index in [-0.39, 0.29) is 0 Å². The van der Waals surface area contributed by atoms with Crippen LogP contribution >= 0.6 is 0 Å². The standard InChI is InChI=1S/C16H26N2O/c1-19-16-8-4-7-15(14-16)6-2-3-11-18-12-5-9-17-10-13-18/h4,7-8,14,17H,2-3,5-6,9-13H2,1H3. The van der Waals surface area contributed by atoms with Crippen LogP contribution in [0, 0.1) is 0 Å². The molecule has 1 aromatic rings. The third-order valence-corrected chi connectivity index (χ3v) is 3.76. The van der Waals surface area contributed by atoms with E-state index < -0.39 is 0 Å². The van der Waals surface area contributed by atoms with Crippen LogP contribution in [0.3, 0.4) is 0 Å². The third kappa shape index (κ3) is 5.21. The molecule has 1 N–H and O–H groups in total. The molecule has 1 saturated heterocycles. The Balaban J connectivity index is 1.65. The van der Waals surface area contributed by atoms with E-state index in [9.17, 15) is 0 Å². The van der Waals surface area contributed by atoms with Gasteiger partial charge in [0.05, 0.1) is 7.11 Å². The Morgan fingerprint density at radius 2 is 2.16 bits per heavy atom. The van der Waals surface area contributed by atoms with Crippen LogP contribution in [-0.2, 0) is 6.42 Å². The van der Waals surface area contributed by atoms with Gasteiger partial charge in [-0.15, -0.1) is 0 Å². The smallest absolute Gasteiger partial charge is 0.119 e. The van der Waals surface area contributed by atoms with Crippen LogP contribution in [0.1, 0.15) is 24.8 Å². The third-order valence-electron chi connectivity index (χ3n) is 3.76. The molecule has 1 heterocycles. The van der Waals surface area contributed by atoms with Gasteiger partial charge in [-0.2, -0.15) is 0 Å². The molecular formula is C16H26N2O. The van der Waals surface area contributed by atoms with Gasteiger partial charge in [-0.3, -0.25) is 0 Å². The quantitative estimate of drug-likeness (QED) is 0.796. The fourth-order valence-electron chi connectivity index (χ4n) is 2.62. The summed E-state index contributed by atoms with van der Waals surface area (Å²) in [5, 5.41) is 3.45. The van der Waals surface area contributed by atoms with Crippen LogP contribution in [-0.4, -0.2) is 44.7 Å². The minimum atomic E-state index is 0.969. The normalized spacial score (nSPS) is 17.1. The zero-order valence-corrected chi connectivity index (χ0v) is 12.0. The van der Waals surface area contributed by atoms with Crippen molar-refractivity contribution in [3.05, 3.63) is 29.8 Å². The van der Waals surface area contributed by atoms with Gasteiger partial charge < -0.3 is 15.0 Å². The zero-order chi connectivity index (χ0) is 13.3. The minimum absolute atomic E-state index is 0.969. The van der Waals surface area contributed by atoms with Gasteiger partial charge in [0.15, 0.2) is 0 Å². The monoisotopic (exact) mass is 262 g/mol. The van der Waals surface area contributed by atoms with Crippen LogP contribution in [0.4, 0.5) is 0 Å². The SMILES string of the molecule is COc1cccc(CCCCN2CCCNCC2)c1. The molecule has 1 fully saturated rings. The maximum absolute atomic E-state index is 5.26. The van der Waals surface area contributed by atoms with Gasteiger partial charge in [-0.25, -0.2) is 0 Å².